The van der Waals surface area contributed by atoms with Crippen LogP contribution in [0.2, 0.25) is 0 Å². The predicted molar refractivity (Wildman–Crippen MR) is 92.2 cm³/mol. The van der Waals surface area contributed by atoms with E-state index in [-0.39, 0.29) is 11.4 Å². The van der Waals surface area contributed by atoms with Gasteiger partial charge in [0.2, 0.25) is 5.91 Å². The maximum atomic E-state index is 13.0. The van der Waals surface area contributed by atoms with Gasteiger partial charge in [-0.2, -0.15) is 0 Å². The summed E-state index contributed by atoms with van der Waals surface area (Å²) in [5.41, 5.74) is 1.92. The van der Waals surface area contributed by atoms with Crippen LogP contribution in [0.25, 0.3) is 10.9 Å². The summed E-state index contributed by atoms with van der Waals surface area (Å²) < 4.78 is 11.0. The average Bonchev–Trinajstić information content (AvgIpc) is 3.39. The first-order valence-electron chi connectivity index (χ1n) is 8.64. The summed E-state index contributed by atoms with van der Waals surface area (Å²) in [4.78, 5) is 18.4. The number of amides is 1. The van der Waals surface area contributed by atoms with Crippen LogP contribution < -0.4 is 4.74 Å². The third kappa shape index (κ3) is 2.57. The fourth-order valence-electron chi connectivity index (χ4n) is 3.91. The molecular formula is C19H24N2O3. The summed E-state index contributed by atoms with van der Waals surface area (Å²) in [6.07, 6.45) is 4.76. The van der Waals surface area contributed by atoms with Crippen molar-refractivity contribution in [1.82, 2.24) is 9.88 Å². The lowest BCUT2D eigenvalue weighted by Crippen LogP contribution is -2.59. The summed E-state index contributed by atoms with van der Waals surface area (Å²) in [6, 6.07) is 5.91. The molecule has 2 fully saturated rings. The number of nitrogens with one attached hydrogen (secondary N) is 1. The number of aromatic nitrogens is 1. The number of methoxy groups -OCH3 is 1. The number of carbonyl (C=O) groups is 1. The summed E-state index contributed by atoms with van der Waals surface area (Å²) in [5, 5.41) is 1.06. The molecule has 1 aliphatic heterocycles. The minimum atomic E-state index is -0.140. The highest BCUT2D eigenvalue weighted by atomic mass is 16.5. The topological polar surface area (TPSA) is 54.6 Å². The number of H-pyrrole nitrogens is 1. The van der Waals surface area contributed by atoms with Crippen LogP contribution in [0, 0.1) is 5.92 Å². The van der Waals surface area contributed by atoms with Gasteiger partial charge in [-0.25, -0.2) is 0 Å². The van der Waals surface area contributed by atoms with Gasteiger partial charge >= 0.3 is 0 Å². The molecular weight excluding hydrogens is 304 g/mol. The number of morpholine rings is 1. The van der Waals surface area contributed by atoms with Crippen molar-refractivity contribution in [2.24, 2.45) is 5.92 Å². The molecule has 4 rings (SSSR count). The van der Waals surface area contributed by atoms with Crippen LogP contribution >= 0.6 is 0 Å². The maximum Gasteiger partial charge on any atom is 0.227 e. The fraction of sp³-hybridized carbons (Fsp3) is 0.526. The van der Waals surface area contributed by atoms with Gasteiger partial charge in [-0.15, -0.1) is 0 Å². The van der Waals surface area contributed by atoms with Crippen LogP contribution in [0.15, 0.2) is 24.4 Å². The molecule has 0 bridgehead atoms. The molecule has 128 valence electrons. The Hall–Kier alpha value is -2.01. The minimum Gasteiger partial charge on any atom is -0.497 e. The number of nitrogens with zero attached hydrogens (tertiary/aromatic N) is 1. The Bertz CT molecular complexity index is 765. The number of ether oxygens (including phenoxy) is 2. The smallest absolute Gasteiger partial charge is 0.227 e. The molecule has 1 aromatic carbocycles. The first-order chi connectivity index (χ1) is 11.6. The lowest BCUT2D eigenvalue weighted by molar-refractivity contribution is -0.149. The number of aromatic amines is 1. The van der Waals surface area contributed by atoms with Crippen molar-refractivity contribution < 1.29 is 14.3 Å². The van der Waals surface area contributed by atoms with E-state index < -0.39 is 0 Å². The molecule has 1 aromatic heterocycles. The van der Waals surface area contributed by atoms with Crippen LogP contribution in [0.4, 0.5) is 0 Å². The SMILES string of the molecule is COc1ccc2[nH]cc(CC(=O)N3CCOCC3(C)C3CC3)c2c1. The number of hydrogen-bond donors (Lipinski definition) is 1. The Morgan fingerprint density at radius 3 is 3.04 bits per heavy atom. The largest absolute Gasteiger partial charge is 0.497 e. The van der Waals surface area contributed by atoms with Crippen LogP contribution in [-0.4, -0.2) is 48.2 Å². The maximum absolute atomic E-state index is 13.0. The van der Waals surface area contributed by atoms with E-state index in [0.717, 1.165) is 22.2 Å². The van der Waals surface area contributed by atoms with E-state index in [1.165, 1.54) is 12.8 Å². The van der Waals surface area contributed by atoms with Gasteiger partial charge in [0.1, 0.15) is 5.75 Å². The number of rotatable bonds is 4. The molecule has 2 aromatic rings. The second kappa shape index (κ2) is 5.81. The number of carbonyl (C=O) groups excluding carboxylic acids is 1. The molecule has 1 aliphatic carbocycles. The van der Waals surface area contributed by atoms with Gasteiger partial charge < -0.3 is 19.4 Å². The molecule has 24 heavy (non-hydrogen) atoms. The summed E-state index contributed by atoms with van der Waals surface area (Å²) in [5.74, 6) is 1.59. The Balaban J connectivity index is 1.59. The first-order valence-corrected chi connectivity index (χ1v) is 8.64. The molecule has 1 N–H and O–H groups in total. The fourth-order valence-corrected chi connectivity index (χ4v) is 3.91. The number of fused-ring (bicyclic) bond motifs is 1. The van der Waals surface area contributed by atoms with E-state index in [0.29, 0.717) is 32.1 Å². The van der Waals surface area contributed by atoms with Crippen LogP contribution in [0.3, 0.4) is 0 Å². The van der Waals surface area contributed by atoms with E-state index in [4.69, 9.17) is 9.47 Å². The van der Waals surface area contributed by atoms with Crippen molar-refractivity contribution in [3.8, 4) is 5.75 Å². The highest BCUT2D eigenvalue weighted by Gasteiger charge is 2.49. The van der Waals surface area contributed by atoms with Gasteiger partial charge in [0.05, 0.1) is 32.3 Å². The van der Waals surface area contributed by atoms with Crippen molar-refractivity contribution >= 4 is 16.8 Å². The average molecular weight is 328 g/mol. The van der Waals surface area contributed by atoms with Gasteiger partial charge in [0.25, 0.3) is 0 Å². The first kappa shape index (κ1) is 15.5. The lowest BCUT2D eigenvalue weighted by Gasteiger charge is -2.45. The summed E-state index contributed by atoms with van der Waals surface area (Å²) >= 11 is 0. The lowest BCUT2D eigenvalue weighted by atomic mass is 9.92. The molecule has 1 amide bonds. The van der Waals surface area contributed by atoms with Gasteiger partial charge in [-0.05, 0) is 49.4 Å². The Morgan fingerprint density at radius 1 is 1.46 bits per heavy atom. The molecule has 1 saturated carbocycles. The minimum absolute atomic E-state index is 0.140. The molecule has 1 unspecified atom stereocenters. The normalized spacial score (nSPS) is 24.3. The standard InChI is InChI=1S/C19H24N2O3/c1-19(14-3-4-14)12-24-8-7-21(19)18(22)9-13-11-20-17-6-5-15(23-2)10-16(13)17/h5-6,10-11,14,20H,3-4,7-9,12H2,1-2H3. The Morgan fingerprint density at radius 2 is 2.29 bits per heavy atom. The van der Waals surface area contributed by atoms with Crippen LogP contribution in [-0.2, 0) is 16.0 Å². The zero-order valence-electron chi connectivity index (χ0n) is 14.3. The van der Waals surface area contributed by atoms with Crippen LogP contribution in [0.1, 0.15) is 25.3 Å². The van der Waals surface area contributed by atoms with Gasteiger partial charge in [-0.3, -0.25) is 4.79 Å². The molecule has 2 heterocycles. The molecule has 5 heteroatoms. The molecule has 0 spiro atoms. The third-order valence-corrected chi connectivity index (χ3v) is 5.54. The number of hydrogen-bond acceptors (Lipinski definition) is 3. The highest BCUT2D eigenvalue weighted by Crippen LogP contribution is 2.44. The van der Waals surface area contributed by atoms with Crippen molar-refractivity contribution in [2.75, 3.05) is 26.9 Å². The monoisotopic (exact) mass is 328 g/mol. The quantitative estimate of drug-likeness (QED) is 0.939. The molecule has 1 atom stereocenters. The highest BCUT2D eigenvalue weighted by molar-refractivity contribution is 5.90. The van der Waals surface area contributed by atoms with Crippen molar-refractivity contribution in [2.45, 2.75) is 31.7 Å². The predicted octanol–water partition coefficient (Wildman–Crippen LogP) is 2.75. The summed E-state index contributed by atoms with van der Waals surface area (Å²) in [6.45, 7) is 4.17. The molecule has 2 aliphatic rings. The second-order valence-corrected chi connectivity index (χ2v) is 7.13. The van der Waals surface area contributed by atoms with E-state index in [1.54, 1.807) is 7.11 Å². The van der Waals surface area contributed by atoms with Gasteiger partial charge in [-0.1, -0.05) is 0 Å². The van der Waals surface area contributed by atoms with Crippen molar-refractivity contribution in [3.05, 3.63) is 30.0 Å². The van der Waals surface area contributed by atoms with E-state index in [2.05, 4.69) is 16.8 Å². The van der Waals surface area contributed by atoms with E-state index in [9.17, 15) is 4.79 Å². The Labute approximate surface area is 141 Å². The van der Waals surface area contributed by atoms with Crippen molar-refractivity contribution in [1.29, 1.82) is 0 Å². The van der Waals surface area contributed by atoms with Crippen LogP contribution in [0.5, 0.6) is 5.75 Å². The molecule has 1 saturated heterocycles. The molecule has 5 nitrogen and oxygen atoms in total. The molecule has 0 radical (unpaired) electrons. The van der Waals surface area contributed by atoms with E-state index >= 15 is 0 Å². The number of benzene rings is 1. The Kier molecular flexibility index (Phi) is 3.76. The summed E-state index contributed by atoms with van der Waals surface area (Å²) in [7, 11) is 1.66. The third-order valence-electron chi connectivity index (χ3n) is 5.54. The van der Waals surface area contributed by atoms with Gasteiger partial charge in [0.15, 0.2) is 0 Å². The van der Waals surface area contributed by atoms with Gasteiger partial charge in [0, 0.05) is 23.6 Å². The zero-order valence-corrected chi connectivity index (χ0v) is 14.3. The van der Waals surface area contributed by atoms with Crippen molar-refractivity contribution in [3.63, 3.8) is 0 Å². The van der Waals surface area contributed by atoms with E-state index in [1.807, 2.05) is 24.4 Å². The second-order valence-electron chi connectivity index (χ2n) is 7.13. The zero-order chi connectivity index (χ0) is 16.7.